The summed E-state index contributed by atoms with van der Waals surface area (Å²) >= 11 is 6.11. The van der Waals surface area contributed by atoms with Crippen molar-refractivity contribution in [1.29, 1.82) is 0 Å². The lowest BCUT2D eigenvalue weighted by atomic mass is 10.0. The topological polar surface area (TPSA) is 55.9 Å². The first kappa shape index (κ1) is 22.1. The molecule has 1 fully saturated rings. The van der Waals surface area contributed by atoms with E-state index in [9.17, 15) is 8.42 Å². The first-order valence-electron chi connectivity index (χ1n) is 9.72. The van der Waals surface area contributed by atoms with Crippen LogP contribution in [0, 0.1) is 0 Å². The minimum atomic E-state index is -3.69. The van der Waals surface area contributed by atoms with Gasteiger partial charge in [-0.25, -0.2) is 13.1 Å². The largest absolute Gasteiger partial charge is 0.378 e. The number of rotatable bonds is 7. The molecule has 2 aromatic rings. The van der Waals surface area contributed by atoms with Gasteiger partial charge in [-0.05, 0) is 36.9 Å². The van der Waals surface area contributed by atoms with Crippen LogP contribution >= 0.6 is 11.6 Å². The molecule has 0 saturated carbocycles. The molecule has 0 amide bonds. The predicted molar refractivity (Wildman–Crippen MR) is 119 cm³/mol. The number of halogens is 1. The van der Waals surface area contributed by atoms with Crippen molar-refractivity contribution in [2.75, 3.05) is 58.8 Å². The van der Waals surface area contributed by atoms with Gasteiger partial charge in [-0.1, -0.05) is 35.9 Å². The van der Waals surface area contributed by atoms with Gasteiger partial charge in [0.15, 0.2) is 0 Å². The Morgan fingerprint density at radius 2 is 1.66 bits per heavy atom. The van der Waals surface area contributed by atoms with E-state index in [-0.39, 0.29) is 16.0 Å². The SMILES string of the molecule is CN1CCN(C(CNS(=O)(=O)c2ccccc2Cl)c2ccc(N(C)C)cc2)CC1. The standard InChI is InChI=1S/C21H29ClN4O2S/c1-24(2)18-10-8-17(9-11-18)20(26-14-12-25(3)13-15-26)16-23-29(27,28)21-7-5-4-6-19(21)22/h4-11,20,23H,12-16H2,1-3H3. The van der Waals surface area contributed by atoms with Gasteiger partial charge >= 0.3 is 0 Å². The number of anilines is 1. The first-order chi connectivity index (χ1) is 13.8. The Morgan fingerprint density at radius 3 is 2.24 bits per heavy atom. The van der Waals surface area contributed by atoms with Crippen LogP contribution in [0.15, 0.2) is 53.4 Å². The van der Waals surface area contributed by atoms with Crippen LogP contribution in [0.1, 0.15) is 11.6 Å². The molecule has 0 aromatic heterocycles. The van der Waals surface area contributed by atoms with Crippen LogP contribution in [0.25, 0.3) is 0 Å². The van der Waals surface area contributed by atoms with Crippen molar-refractivity contribution in [1.82, 2.24) is 14.5 Å². The number of sulfonamides is 1. The van der Waals surface area contributed by atoms with Gasteiger partial charge in [0.2, 0.25) is 10.0 Å². The molecule has 0 aliphatic carbocycles. The Morgan fingerprint density at radius 1 is 1.03 bits per heavy atom. The zero-order chi connectivity index (χ0) is 21.0. The molecule has 1 unspecified atom stereocenters. The molecule has 1 saturated heterocycles. The van der Waals surface area contributed by atoms with Crippen molar-refractivity contribution in [2.24, 2.45) is 0 Å². The molecule has 0 spiro atoms. The lowest BCUT2D eigenvalue weighted by Crippen LogP contribution is -2.48. The molecule has 6 nitrogen and oxygen atoms in total. The monoisotopic (exact) mass is 436 g/mol. The molecule has 158 valence electrons. The summed E-state index contributed by atoms with van der Waals surface area (Å²) in [4.78, 5) is 6.80. The average Bonchev–Trinajstić information content (AvgIpc) is 2.70. The van der Waals surface area contributed by atoms with Crippen molar-refractivity contribution in [3.8, 4) is 0 Å². The van der Waals surface area contributed by atoms with E-state index in [2.05, 4.69) is 50.7 Å². The van der Waals surface area contributed by atoms with Gasteiger partial charge in [0.25, 0.3) is 0 Å². The minimum absolute atomic E-state index is 0.0443. The van der Waals surface area contributed by atoms with E-state index in [0.29, 0.717) is 6.54 Å². The Kier molecular flexibility index (Phi) is 7.19. The summed E-state index contributed by atoms with van der Waals surface area (Å²) in [6.07, 6.45) is 0. The van der Waals surface area contributed by atoms with Gasteiger partial charge in [0.1, 0.15) is 4.90 Å². The molecule has 0 bridgehead atoms. The molecule has 1 aliphatic heterocycles. The quantitative estimate of drug-likeness (QED) is 0.723. The third-order valence-corrected chi connectivity index (χ3v) is 7.29. The van der Waals surface area contributed by atoms with Gasteiger partial charge in [-0.2, -0.15) is 0 Å². The molecule has 1 N–H and O–H groups in total. The van der Waals surface area contributed by atoms with E-state index in [0.717, 1.165) is 37.4 Å². The zero-order valence-corrected chi connectivity index (χ0v) is 18.7. The van der Waals surface area contributed by atoms with Gasteiger partial charge < -0.3 is 9.80 Å². The maximum absolute atomic E-state index is 12.8. The number of likely N-dealkylation sites (N-methyl/N-ethyl adjacent to an activating group) is 1. The number of piperazine rings is 1. The molecule has 2 aromatic carbocycles. The third kappa shape index (κ3) is 5.49. The molecule has 8 heteroatoms. The average molecular weight is 437 g/mol. The van der Waals surface area contributed by atoms with Crippen molar-refractivity contribution in [3.05, 3.63) is 59.1 Å². The number of benzene rings is 2. The van der Waals surface area contributed by atoms with E-state index < -0.39 is 10.0 Å². The van der Waals surface area contributed by atoms with Crippen LogP contribution in [0.2, 0.25) is 5.02 Å². The van der Waals surface area contributed by atoms with Crippen LogP contribution in [0.5, 0.6) is 0 Å². The van der Waals surface area contributed by atoms with Crippen molar-refractivity contribution in [3.63, 3.8) is 0 Å². The highest BCUT2D eigenvalue weighted by molar-refractivity contribution is 7.89. The fraction of sp³-hybridized carbons (Fsp3) is 0.429. The molecule has 29 heavy (non-hydrogen) atoms. The summed E-state index contributed by atoms with van der Waals surface area (Å²) in [5.41, 5.74) is 2.21. The summed E-state index contributed by atoms with van der Waals surface area (Å²) < 4.78 is 28.5. The molecule has 1 aliphatic rings. The van der Waals surface area contributed by atoms with Crippen LogP contribution < -0.4 is 9.62 Å². The smallest absolute Gasteiger partial charge is 0.242 e. The molecular formula is C21H29ClN4O2S. The predicted octanol–water partition coefficient (Wildman–Crippen LogP) is 2.67. The van der Waals surface area contributed by atoms with E-state index in [4.69, 9.17) is 11.6 Å². The van der Waals surface area contributed by atoms with Crippen LogP contribution in [-0.4, -0.2) is 72.1 Å². The normalized spacial score (nSPS) is 17.2. The van der Waals surface area contributed by atoms with E-state index in [1.165, 1.54) is 6.07 Å². The number of hydrogen-bond donors (Lipinski definition) is 1. The first-order valence-corrected chi connectivity index (χ1v) is 11.6. The lowest BCUT2D eigenvalue weighted by molar-refractivity contribution is 0.113. The van der Waals surface area contributed by atoms with E-state index in [1.807, 2.05) is 14.1 Å². The Hall–Kier alpha value is -1.64. The summed E-state index contributed by atoms with van der Waals surface area (Å²) in [7, 11) is 2.43. The Bertz CT molecular complexity index is 911. The lowest BCUT2D eigenvalue weighted by Gasteiger charge is -2.38. The number of nitrogens with one attached hydrogen (secondary N) is 1. The fourth-order valence-electron chi connectivity index (χ4n) is 3.52. The Labute approximate surface area is 179 Å². The van der Waals surface area contributed by atoms with Crippen molar-refractivity contribution in [2.45, 2.75) is 10.9 Å². The molecule has 1 heterocycles. The maximum atomic E-state index is 12.8. The van der Waals surface area contributed by atoms with Crippen LogP contribution in [-0.2, 0) is 10.0 Å². The Balaban J connectivity index is 1.82. The highest BCUT2D eigenvalue weighted by Gasteiger charge is 2.26. The highest BCUT2D eigenvalue weighted by atomic mass is 35.5. The second-order valence-corrected chi connectivity index (χ2v) is 9.77. The second-order valence-electron chi connectivity index (χ2n) is 7.62. The third-order valence-electron chi connectivity index (χ3n) is 5.37. The van der Waals surface area contributed by atoms with Crippen LogP contribution in [0.4, 0.5) is 5.69 Å². The molecule has 1 atom stereocenters. The van der Waals surface area contributed by atoms with Gasteiger partial charge in [-0.3, -0.25) is 4.90 Å². The van der Waals surface area contributed by atoms with Gasteiger partial charge in [-0.15, -0.1) is 0 Å². The van der Waals surface area contributed by atoms with Crippen LogP contribution in [0.3, 0.4) is 0 Å². The summed E-state index contributed by atoms with van der Waals surface area (Å²) in [6.45, 7) is 4.00. The zero-order valence-electron chi connectivity index (χ0n) is 17.2. The number of nitrogens with zero attached hydrogens (tertiary/aromatic N) is 3. The van der Waals surface area contributed by atoms with Crippen molar-refractivity contribution < 1.29 is 8.42 Å². The maximum Gasteiger partial charge on any atom is 0.242 e. The summed E-state index contributed by atoms with van der Waals surface area (Å²) in [6, 6.07) is 14.8. The molecule has 0 radical (unpaired) electrons. The second kappa shape index (κ2) is 9.45. The summed E-state index contributed by atoms with van der Waals surface area (Å²) in [5, 5.41) is 0.228. The van der Waals surface area contributed by atoms with Crippen molar-refractivity contribution >= 4 is 27.3 Å². The summed E-state index contributed by atoms with van der Waals surface area (Å²) in [5.74, 6) is 0. The van der Waals surface area contributed by atoms with Gasteiger partial charge in [0, 0.05) is 58.5 Å². The highest BCUT2D eigenvalue weighted by Crippen LogP contribution is 2.26. The van der Waals surface area contributed by atoms with E-state index >= 15 is 0 Å². The van der Waals surface area contributed by atoms with Gasteiger partial charge in [0.05, 0.1) is 5.02 Å². The number of hydrogen-bond acceptors (Lipinski definition) is 5. The molecule has 3 rings (SSSR count). The fourth-order valence-corrected chi connectivity index (χ4v) is 5.07. The van der Waals surface area contributed by atoms with E-state index in [1.54, 1.807) is 18.2 Å². The molecular weight excluding hydrogens is 408 g/mol. The minimum Gasteiger partial charge on any atom is -0.378 e.